The highest BCUT2D eigenvalue weighted by Gasteiger charge is 2.17. The van der Waals surface area contributed by atoms with Crippen LogP contribution in [0.25, 0.3) is 21.5 Å². The van der Waals surface area contributed by atoms with E-state index in [0.29, 0.717) is 26.7 Å². The zero-order valence-corrected chi connectivity index (χ0v) is 15.6. The van der Waals surface area contributed by atoms with Crippen LogP contribution in [0.15, 0.2) is 33.5 Å². The molecule has 0 amide bonds. The molecule has 0 unspecified atom stereocenters. The third-order valence-electron chi connectivity index (χ3n) is 4.19. The Morgan fingerprint density at radius 2 is 1.96 bits per heavy atom. The van der Waals surface area contributed by atoms with E-state index >= 15 is 0 Å². The van der Waals surface area contributed by atoms with Gasteiger partial charge in [-0.2, -0.15) is 0 Å². The Bertz CT molecular complexity index is 1000. The van der Waals surface area contributed by atoms with Gasteiger partial charge in [-0.1, -0.05) is 0 Å². The highest BCUT2D eigenvalue weighted by molar-refractivity contribution is 7.17. The van der Waals surface area contributed by atoms with E-state index in [4.69, 9.17) is 4.42 Å². The number of aromatic nitrogens is 1. The second-order valence-electron chi connectivity index (χ2n) is 5.83. The summed E-state index contributed by atoms with van der Waals surface area (Å²) in [5, 5.41) is 1.36. The van der Waals surface area contributed by atoms with Gasteiger partial charge in [0.2, 0.25) is 0 Å². The molecule has 130 valence electrons. The van der Waals surface area contributed by atoms with E-state index in [2.05, 4.69) is 23.7 Å². The Labute approximate surface area is 149 Å². The fourth-order valence-electron chi connectivity index (χ4n) is 2.87. The van der Waals surface area contributed by atoms with E-state index in [1.165, 1.54) is 18.3 Å². The molecule has 0 spiro atoms. The number of ketones is 1. The summed E-state index contributed by atoms with van der Waals surface area (Å²) in [7, 11) is 0. The topological polar surface area (TPSA) is 63.4 Å². The van der Waals surface area contributed by atoms with Crippen molar-refractivity contribution in [3.63, 3.8) is 0 Å². The number of aryl methyl sites for hydroxylation is 1. The maximum Gasteiger partial charge on any atom is 0.346 e. The SMILES string of the molecule is CCN(CC)c1ccc2cc(-c3nc(C)c(C(C)=O)s3)c(=O)oc2c1. The molecular formula is C19H20N2O3S. The number of carbonyl (C=O) groups excluding carboxylic acids is 1. The van der Waals surface area contributed by atoms with Crippen LogP contribution < -0.4 is 10.5 Å². The molecule has 0 saturated carbocycles. The molecule has 0 bridgehead atoms. The van der Waals surface area contributed by atoms with Gasteiger partial charge in [-0.25, -0.2) is 9.78 Å². The van der Waals surface area contributed by atoms with Crippen LogP contribution in [-0.4, -0.2) is 23.9 Å². The van der Waals surface area contributed by atoms with Crippen LogP contribution in [0.3, 0.4) is 0 Å². The third-order valence-corrected chi connectivity index (χ3v) is 5.49. The fourth-order valence-corrected chi connectivity index (χ4v) is 3.84. The molecule has 0 N–H and O–H groups in total. The van der Waals surface area contributed by atoms with E-state index in [0.717, 1.165) is 24.2 Å². The molecule has 1 aromatic carbocycles. The lowest BCUT2D eigenvalue weighted by Gasteiger charge is -2.20. The largest absolute Gasteiger partial charge is 0.422 e. The van der Waals surface area contributed by atoms with Crippen molar-refractivity contribution >= 4 is 33.8 Å². The first-order chi connectivity index (χ1) is 11.9. The maximum atomic E-state index is 12.4. The lowest BCUT2D eigenvalue weighted by molar-refractivity contribution is 0.102. The van der Waals surface area contributed by atoms with Crippen molar-refractivity contribution in [3.8, 4) is 10.6 Å². The minimum Gasteiger partial charge on any atom is -0.422 e. The lowest BCUT2D eigenvalue weighted by atomic mass is 10.1. The predicted molar refractivity (Wildman–Crippen MR) is 102 cm³/mol. The Kier molecular flexibility index (Phi) is 4.72. The maximum absolute atomic E-state index is 12.4. The number of fused-ring (bicyclic) bond motifs is 1. The average molecular weight is 356 g/mol. The summed E-state index contributed by atoms with van der Waals surface area (Å²) in [5.74, 6) is -0.0460. The summed E-state index contributed by atoms with van der Waals surface area (Å²) in [5.41, 5.74) is 2.18. The van der Waals surface area contributed by atoms with Crippen LogP contribution in [0.5, 0.6) is 0 Å². The van der Waals surface area contributed by atoms with Crippen molar-refractivity contribution in [2.75, 3.05) is 18.0 Å². The third kappa shape index (κ3) is 3.22. The molecule has 0 aliphatic heterocycles. The first-order valence-electron chi connectivity index (χ1n) is 8.26. The molecule has 0 saturated heterocycles. The Hall–Kier alpha value is -2.47. The van der Waals surface area contributed by atoms with E-state index in [9.17, 15) is 9.59 Å². The molecule has 2 aromatic heterocycles. The smallest absolute Gasteiger partial charge is 0.346 e. The number of rotatable bonds is 5. The molecule has 25 heavy (non-hydrogen) atoms. The molecule has 0 aliphatic rings. The van der Waals surface area contributed by atoms with Gasteiger partial charge < -0.3 is 9.32 Å². The number of carbonyl (C=O) groups is 1. The second-order valence-corrected chi connectivity index (χ2v) is 6.83. The van der Waals surface area contributed by atoms with Crippen molar-refractivity contribution in [3.05, 3.63) is 45.3 Å². The van der Waals surface area contributed by atoms with Crippen molar-refractivity contribution in [1.29, 1.82) is 0 Å². The molecule has 5 nitrogen and oxygen atoms in total. The van der Waals surface area contributed by atoms with Gasteiger partial charge in [-0.3, -0.25) is 4.79 Å². The van der Waals surface area contributed by atoms with Crippen LogP contribution in [0.4, 0.5) is 5.69 Å². The molecule has 0 fully saturated rings. The molecule has 0 atom stereocenters. The summed E-state index contributed by atoms with van der Waals surface area (Å²) in [6, 6.07) is 7.64. The van der Waals surface area contributed by atoms with Gasteiger partial charge in [0, 0.05) is 37.2 Å². The van der Waals surface area contributed by atoms with Gasteiger partial charge in [0.05, 0.1) is 16.1 Å². The summed E-state index contributed by atoms with van der Waals surface area (Å²) in [6.07, 6.45) is 0. The van der Waals surface area contributed by atoms with Gasteiger partial charge in [0.25, 0.3) is 0 Å². The number of benzene rings is 1. The predicted octanol–water partition coefficient (Wildman–Crippen LogP) is 4.27. The zero-order valence-electron chi connectivity index (χ0n) is 14.8. The van der Waals surface area contributed by atoms with Crippen molar-refractivity contribution in [2.24, 2.45) is 0 Å². The summed E-state index contributed by atoms with van der Waals surface area (Å²) in [4.78, 5) is 31.2. The highest BCUT2D eigenvalue weighted by Crippen LogP contribution is 2.29. The van der Waals surface area contributed by atoms with Crippen molar-refractivity contribution in [1.82, 2.24) is 4.98 Å². The monoisotopic (exact) mass is 356 g/mol. The zero-order chi connectivity index (χ0) is 18.1. The van der Waals surface area contributed by atoms with E-state index < -0.39 is 5.63 Å². The number of anilines is 1. The van der Waals surface area contributed by atoms with Crippen LogP contribution >= 0.6 is 11.3 Å². The Morgan fingerprint density at radius 1 is 1.24 bits per heavy atom. The molecule has 0 radical (unpaired) electrons. The van der Waals surface area contributed by atoms with Gasteiger partial charge in [-0.05, 0) is 39.0 Å². The number of hydrogen-bond donors (Lipinski definition) is 0. The molecule has 3 aromatic rings. The van der Waals surface area contributed by atoms with Gasteiger partial charge in [-0.15, -0.1) is 11.3 Å². The first-order valence-corrected chi connectivity index (χ1v) is 9.07. The van der Waals surface area contributed by atoms with Crippen molar-refractivity contribution in [2.45, 2.75) is 27.7 Å². The molecular weight excluding hydrogens is 336 g/mol. The first kappa shape index (κ1) is 17.4. The summed E-state index contributed by atoms with van der Waals surface area (Å²) < 4.78 is 5.54. The standard InChI is InChI=1S/C19H20N2O3S/c1-5-21(6-2)14-8-7-13-9-15(19(23)24-16(13)10-14)18-20-11(3)17(25-18)12(4)22/h7-10H,5-6H2,1-4H3. The van der Waals surface area contributed by atoms with E-state index in [1.807, 2.05) is 18.2 Å². The molecule has 2 heterocycles. The number of hydrogen-bond acceptors (Lipinski definition) is 6. The van der Waals surface area contributed by atoms with Crippen LogP contribution in [0.1, 0.15) is 36.1 Å². The Balaban J connectivity index is 2.11. The normalized spacial score (nSPS) is 11.0. The van der Waals surface area contributed by atoms with Crippen LogP contribution in [0.2, 0.25) is 0 Å². The lowest BCUT2D eigenvalue weighted by Crippen LogP contribution is -2.21. The van der Waals surface area contributed by atoms with Crippen LogP contribution in [0, 0.1) is 6.92 Å². The van der Waals surface area contributed by atoms with Gasteiger partial charge >= 0.3 is 5.63 Å². The molecule has 6 heteroatoms. The van der Waals surface area contributed by atoms with Crippen LogP contribution in [-0.2, 0) is 0 Å². The molecule has 3 rings (SSSR count). The number of nitrogens with zero attached hydrogens (tertiary/aromatic N) is 2. The van der Waals surface area contributed by atoms with E-state index in [1.54, 1.807) is 13.0 Å². The molecule has 0 aliphatic carbocycles. The van der Waals surface area contributed by atoms with Crippen molar-refractivity contribution < 1.29 is 9.21 Å². The average Bonchev–Trinajstić information content (AvgIpc) is 2.97. The number of thiazole rings is 1. The summed E-state index contributed by atoms with van der Waals surface area (Å²) >= 11 is 1.23. The fraction of sp³-hybridized carbons (Fsp3) is 0.316. The summed E-state index contributed by atoms with van der Waals surface area (Å²) in [6.45, 7) is 9.22. The van der Waals surface area contributed by atoms with E-state index in [-0.39, 0.29) is 5.78 Å². The highest BCUT2D eigenvalue weighted by atomic mass is 32.1. The second kappa shape index (κ2) is 6.80. The minimum absolute atomic E-state index is 0.0460. The quantitative estimate of drug-likeness (QED) is 0.504. The van der Waals surface area contributed by atoms with Gasteiger partial charge in [0.15, 0.2) is 5.78 Å². The minimum atomic E-state index is -0.437. The van der Waals surface area contributed by atoms with Gasteiger partial charge in [0.1, 0.15) is 10.6 Å². The number of Topliss-reactive ketones (excluding diaryl/α,β-unsaturated/α-hetero) is 1. The Morgan fingerprint density at radius 3 is 2.56 bits per heavy atom.